The molecule has 0 aliphatic rings. The van der Waals surface area contributed by atoms with Gasteiger partial charge in [-0.2, -0.15) is 0 Å². The van der Waals surface area contributed by atoms with Crippen molar-refractivity contribution in [2.24, 2.45) is 5.92 Å². The normalized spacial score (nSPS) is 13.4. The van der Waals surface area contributed by atoms with Crippen LogP contribution in [0.1, 0.15) is 25.2 Å². The van der Waals surface area contributed by atoms with E-state index in [1.165, 1.54) is 0 Å². The lowest BCUT2D eigenvalue weighted by Gasteiger charge is -2.19. The first-order valence-corrected chi connectivity index (χ1v) is 7.74. The summed E-state index contributed by atoms with van der Waals surface area (Å²) < 4.78 is 2.06. The van der Waals surface area contributed by atoms with Crippen LogP contribution in [0.25, 0.3) is 0 Å². The Labute approximate surface area is 136 Å². The average molecular weight is 316 g/mol. The van der Waals surface area contributed by atoms with Gasteiger partial charge in [0.1, 0.15) is 5.82 Å². The second-order valence-corrected chi connectivity index (χ2v) is 5.85. The van der Waals surface area contributed by atoms with E-state index in [1.54, 1.807) is 6.20 Å². The van der Waals surface area contributed by atoms with Crippen molar-refractivity contribution >= 4 is 11.7 Å². The van der Waals surface area contributed by atoms with E-state index in [0.29, 0.717) is 0 Å². The third-order valence-electron chi connectivity index (χ3n) is 3.99. The highest BCUT2D eigenvalue weighted by Gasteiger charge is 2.13. The Balaban J connectivity index is 1.90. The van der Waals surface area contributed by atoms with E-state index < -0.39 is 0 Å². The molecule has 2 amide bonds. The first kappa shape index (κ1) is 17.0. The summed E-state index contributed by atoms with van der Waals surface area (Å²) in [6.07, 6.45) is 3.72. The summed E-state index contributed by atoms with van der Waals surface area (Å²) in [6, 6.07) is 7.35. The van der Waals surface area contributed by atoms with Gasteiger partial charge < -0.3 is 20.3 Å². The Bertz CT molecular complexity index is 636. The van der Waals surface area contributed by atoms with Gasteiger partial charge in [-0.1, -0.05) is 19.1 Å². The summed E-state index contributed by atoms with van der Waals surface area (Å²) in [5, 5.41) is 14.7. The summed E-state index contributed by atoms with van der Waals surface area (Å²) in [6.45, 7) is 6.52. The van der Waals surface area contributed by atoms with Gasteiger partial charge in [-0.05, 0) is 37.5 Å². The molecule has 1 aromatic carbocycles. The van der Waals surface area contributed by atoms with Gasteiger partial charge in [0.15, 0.2) is 0 Å². The van der Waals surface area contributed by atoms with Crippen LogP contribution in [-0.4, -0.2) is 33.3 Å². The van der Waals surface area contributed by atoms with Crippen LogP contribution in [-0.2, 0) is 6.54 Å². The van der Waals surface area contributed by atoms with E-state index in [9.17, 15) is 4.79 Å². The maximum absolute atomic E-state index is 11.9. The zero-order chi connectivity index (χ0) is 16.8. The lowest BCUT2D eigenvalue weighted by molar-refractivity contribution is 0.204. The zero-order valence-electron chi connectivity index (χ0n) is 13.8. The number of aliphatic hydroxyl groups is 1. The predicted octanol–water partition coefficient (Wildman–Crippen LogP) is 2.38. The van der Waals surface area contributed by atoms with Crippen LogP contribution in [0.3, 0.4) is 0 Å². The number of benzene rings is 1. The first-order valence-electron chi connectivity index (χ1n) is 7.74. The van der Waals surface area contributed by atoms with Crippen molar-refractivity contribution in [3.63, 3.8) is 0 Å². The molecule has 6 heteroatoms. The minimum Gasteiger partial charge on any atom is -0.396 e. The molecule has 1 aromatic heterocycles. The molecule has 124 valence electrons. The number of aliphatic hydroxyl groups excluding tert-OH is 1. The number of aryl methyl sites for hydroxylation is 1. The maximum atomic E-state index is 11.9. The monoisotopic (exact) mass is 316 g/mol. The smallest absolute Gasteiger partial charge is 0.319 e. The number of amides is 2. The Morgan fingerprint density at radius 3 is 2.57 bits per heavy atom. The number of anilines is 1. The third kappa shape index (κ3) is 4.82. The maximum Gasteiger partial charge on any atom is 0.319 e. The molecule has 0 unspecified atom stereocenters. The molecule has 2 rings (SSSR count). The van der Waals surface area contributed by atoms with Gasteiger partial charge in [0.05, 0.1) is 0 Å². The van der Waals surface area contributed by atoms with Gasteiger partial charge in [-0.25, -0.2) is 9.78 Å². The number of nitrogens with one attached hydrogen (secondary N) is 2. The highest BCUT2D eigenvalue weighted by Crippen LogP contribution is 2.12. The summed E-state index contributed by atoms with van der Waals surface area (Å²) in [5.41, 5.74) is 1.87. The SMILES string of the molecule is Cc1nccn1Cc1ccc(NC(=O)N[C@@H](C)[C@H](C)CO)cc1. The summed E-state index contributed by atoms with van der Waals surface area (Å²) in [4.78, 5) is 16.1. The number of carbonyl (C=O) groups is 1. The molecule has 0 aliphatic heterocycles. The summed E-state index contributed by atoms with van der Waals surface area (Å²) >= 11 is 0. The summed E-state index contributed by atoms with van der Waals surface area (Å²) in [5.74, 6) is 0.986. The third-order valence-corrected chi connectivity index (χ3v) is 3.99. The molecular formula is C17H24N4O2. The fraction of sp³-hybridized carbons (Fsp3) is 0.412. The van der Waals surface area contributed by atoms with Gasteiger partial charge in [0.25, 0.3) is 0 Å². The number of hydrogen-bond acceptors (Lipinski definition) is 3. The van der Waals surface area contributed by atoms with Crippen molar-refractivity contribution in [1.29, 1.82) is 0 Å². The molecular weight excluding hydrogens is 292 g/mol. The Morgan fingerprint density at radius 1 is 1.30 bits per heavy atom. The van der Waals surface area contributed by atoms with E-state index in [1.807, 2.05) is 51.2 Å². The van der Waals surface area contributed by atoms with Gasteiger partial charge in [0, 0.05) is 37.3 Å². The number of hydrogen-bond donors (Lipinski definition) is 3. The topological polar surface area (TPSA) is 79.2 Å². The van der Waals surface area contributed by atoms with E-state index >= 15 is 0 Å². The van der Waals surface area contributed by atoms with Crippen molar-refractivity contribution in [3.05, 3.63) is 48.0 Å². The number of carbonyl (C=O) groups excluding carboxylic acids is 1. The van der Waals surface area contributed by atoms with Crippen LogP contribution in [0.2, 0.25) is 0 Å². The van der Waals surface area contributed by atoms with Crippen LogP contribution < -0.4 is 10.6 Å². The largest absolute Gasteiger partial charge is 0.396 e. The molecule has 0 bridgehead atoms. The highest BCUT2D eigenvalue weighted by atomic mass is 16.3. The van der Waals surface area contributed by atoms with Crippen LogP contribution in [0, 0.1) is 12.8 Å². The van der Waals surface area contributed by atoms with Gasteiger partial charge in [-0.3, -0.25) is 0 Å². The quantitative estimate of drug-likeness (QED) is 0.765. The van der Waals surface area contributed by atoms with E-state index in [-0.39, 0.29) is 24.6 Å². The first-order chi connectivity index (χ1) is 11.0. The molecule has 0 saturated carbocycles. The second-order valence-electron chi connectivity index (χ2n) is 5.85. The number of nitrogens with zero attached hydrogens (tertiary/aromatic N) is 2. The van der Waals surface area contributed by atoms with Crippen molar-refractivity contribution < 1.29 is 9.90 Å². The van der Waals surface area contributed by atoms with Crippen molar-refractivity contribution in [3.8, 4) is 0 Å². The lowest BCUT2D eigenvalue weighted by atomic mass is 10.1. The Kier molecular flexibility index (Phi) is 5.76. The predicted molar refractivity (Wildman–Crippen MR) is 90.4 cm³/mol. The Morgan fingerprint density at radius 2 is 2.00 bits per heavy atom. The van der Waals surface area contributed by atoms with Crippen molar-refractivity contribution in [1.82, 2.24) is 14.9 Å². The number of imidazole rings is 1. The van der Waals surface area contributed by atoms with Gasteiger partial charge in [-0.15, -0.1) is 0 Å². The van der Waals surface area contributed by atoms with Crippen LogP contribution in [0.5, 0.6) is 0 Å². The molecule has 0 fully saturated rings. The molecule has 6 nitrogen and oxygen atoms in total. The van der Waals surface area contributed by atoms with Crippen LogP contribution >= 0.6 is 0 Å². The fourth-order valence-electron chi connectivity index (χ4n) is 2.14. The minimum absolute atomic E-state index is 0.0153. The van der Waals surface area contributed by atoms with Crippen LogP contribution in [0.15, 0.2) is 36.7 Å². The molecule has 2 aromatic rings. The molecule has 0 radical (unpaired) electrons. The van der Waals surface area contributed by atoms with E-state index in [0.717, 1.165) is 23.6 Å². The standard InChI is InChI=1S/C17H24N4O2/c1-12(11-22)13(2)19-17(23)20-16-6-4-15(5-7-16)10-21-9-8-18-14(21)3/h4-9,12-13,22H,10-11H2,1-3H3,(H2,19,20,23)/t12-,13+/m1/s1. The lowest BCUT2D eigenvalue weighted by Crippen LogP contribution is -2.40. The molecule has 0 aliphatic carbocycles. The molecule has 23 heavy (non-hydrogen) atoms. The number of urea groups is 1. The van der Waals surface area contributed by atoms with Gasteiger partial charge >= 0.3 is 6.03 Å². The fourth-order valence-corrected chi connectivity index (χ4v) is 2.14. The molecule has 2 atom stereocenters. The zero-order valence-corrected chi connectivity index (χ0v) is 13.8. The van der Waals surface area contributed by atoms with Crippen molar-refractivity contribution in [2.75, 3.05) is 11.9 Å². The minimum atomic E-state index is -0.268. The number of aromatic nitrogens is 2. The second kappa shape index (κ2) is 7.78. The van der Waals surface area contributed by atoms with Crippen LogP contribution in [0.4, 0.5) is 10.5 Å². The van der Waals surface area contributed by atoms with Crippen molar-refractivity contribution in [2.45, 2.75) is 33.4 Å². The molecule has 3 N–H and O–H groups in total. The molecule has 0 saturated heterocycles. The molecule has 1 heterocycles. The van der Waals surface area contributed by atoms with E-state index in [2.05, 4.69) is 20.2 Å². The highest BCUT2D eigenvalue weighted by molar-refractivity contribution is 5.89. The Hall–Kier alpha value is -2.34. The number of rotatable bonds is 6. The average Bonchev–Trinajstić information content (AvgIpc) is 2.93. The van der Waals surface area contributed by atoms with Gasteiger partial charge in [0.2, 0.25) is 0 Å². The summed E-state index contributed by atoms with van der Waals surface area (Å²) in [7, 11) is 0. The van der Waals surface area contributed by atoms with E-state index in [4.69, 9.17) is 5.11 Å². The molecule has 0 spiro atoms.